The normalized spacial score (nSPS) is 19.3. The van der Waals surface area contributed by atoms with Gasteiger partial charge in [-0.05, 0) is 12.1 Å². The first-order valence-corrected chi connectivity index (χ1v) is 6.69. The molecule has 1 aromatic rings. The van der Waals surface area contributed by atoms with Crippen LogP contribution in [0.3, 0.4) is 0 Å². The third-order valence-corrected chi connectivity index (χ3v) is 3.82. The summed E-state index contributed by atoms with van der Waals surface area (Å²) in [6.07, 6.45) is 0.919. The van der Waals surface area contributed by atoms with Crippen molar-refractivity contribution in [2.24, 2.45) is 0 Å². The molecule has 23 heavy (non-hydrogen) atoms. The molecule has 0 saturated carbocycles. The molecule has 2 aliphatic heterocycles. The van der Waals surface area contributed by atoms with Gasteiger partial charge in [0.2, 0.25) is 5.54 Å². The molecule has 0 aromatic heterocycles. The van der Waals surface area contributed by atoms with Gasteiger partial charge in [0.25, 0.3) is 23.6 Å². The molecule has 3 rings (SSSR count). The fourth-order valence-electron chi connectivity index (χ4n) is 2.77. The number of carbonyl (C=O) groups excluding carboxylic acids is 5. The molecule has 2 N–H and O–H groups in total. The number of carbonyl (C=O) groups is 5. The summed E-state index contributed by atoms with van der Waals surface area (Å²) in [5, 5.41) is 3.85. The van der Waals surface area contributed by atoms with Crippen molar-refractivity contribution in [1.29, 1.82) is 0 Å². The van der Waals surface area contributed by atoms with Crippen LogP contribution in [0.25, 0.3) is 0 Å². The number of rotatable bonds is 3. The summed E-state index contributed by atoms with van der Waals surface area (Å²) in [4.78, 5) is 61.8. The van der Waals surface area contributed by atoms with Crippen molar-refractivity contribution in [3.05, 3.63) is 48.0 Å². The summed E-state index contributed by atoms with van der Waals surface area (Å²) in [5.74, 6) is -3.62. The van der Waals surface area contributed by atoms with E-state index in [1.807, 2.05) is 10.6 Å². The van der Waals surface area contributed by atoms with Gasteiger partial charge in [0.1, 0.15) is 0 Å². The highest BCUT2D eigenvalue weighted by molar-refractivity contribution is 6.31. The van der Waals surface area contributed by atoms with Crippen molar-refractivity contribution in [3.63, 3.8) is 0 Å². The van der Waals surface area contributed by atoms with Crippen molar-refractivity contribution < 1.29 is 24.0 Å². The van der Waals surface area contributed by atoms with Crippen LogP contribution in [0.15, 0.2) is 36.9 Å². The number of nitrogens with one attached hydrogen (secondary N) is 2. The molecule has 1 fully saturated rings. The highest BCUT2D eigenvalue weighted by Crippen LogP contribution is 2.33. The second-order valence-corrected chi connectivity index (χ2v) is 5.08. The number of fused-ring (bicyclic) bond motifs is 1. The summed E-state index contributed by atoms with van der Waals surface area (Å²) in [7, 11) is 0. The van der Waals surface area contributed by atoms with Crippen LogP contribution in [0.4, 0.5) is 4.79 Å². The van der Waals surface area contributed by atoms with E-state index in [2.05, 4.69) is 6.58 Å². The molecule has 0 spiro atoms. The third-order valence-electron chi connectivity index (χ3n) is 3.82. The van der Waals surface area contributed by atoms with Gasteiger partial charge >= 0.3 is 6.03 Å². The van der Waals surface area contributed by atoms with E-state index in [1.165, 1.54) is 18.2 Å². The van der Waals surface area contributed by atoms with Gasteiger partial charge in [-0.3, -0.25) is 29.8 Å². The molecule has 116 valence electrons. The zero-order chi connectivity index (χ0) is 16.8. The van der Waals surface area contributed by atoms with E-state index in [4.69, 9.17) is 0 Å². The Morgan fingerprint density at radius 1 is 0.957 bits per heavy atom. The minimum atomic E-state index is -2.18. The van der Waals surface area contributed by atoms with Crippen molar-refractivity contribution in [1.82, 2.24) is 15.5 Å². The van der Waals surface area contributed by atoms with Crippen LogP contribution in [0.1, 0.15) is 27.1 Å². The van der Waals surface area contributed by atoms with Crippen LogP contribution >= 0.6 is 0 Å². The number of urea groups is 1. The number of benzene rings is 1. The van der Waals surface area contributed by atoms with E-state index in [-0.39, 0.29) is 17.5 Å². The SMILES string of the molecule is C=CCC1(N2C(=O)c3ccccc3C2=O)C(=O)NC(=O)NC1=O. The highest BCUT2D eigenvalue weighted by Gasteiger charge is 2.60. The van der Waals surface area contributed by atoms with Crippen molar-refractivity contribution in [2.75, 3.05) is 0 Å². The van der Waals surface area contributed by atoms with E-state index in [0.717, 1.165) is 0 Å². The Balaban J connectivity index is 2.17. The molecule has 0 atom stereocenters. The molecule has 8 heteroatoms. The van der Waals surface area contributed by atoms with Gasteiger partial charge < -0.3 is 0 Å². The Hall–Kier alpha value is -3.29. The number of hydrogen-bond donors (Lipinski definition) is 2. The Morgan fingerprint density at radius 2 is 1.43 bits per heavy atom. The minimum absolute atomic E-state index is 0.0958. The van der Waals surface area contributed by atoms with Crippen molar-refractivity contribution in [2.45, 2.75) is 12.0 Å². The van der Waals surface area contributed by atoms with Gasteiger partial charge in [-0.15, -0.1) is 6.58 Å². The molecular formula is C15H11N3O5. The molecule has 8 nitrogen and oxygen atoms in total. The number of hydrogen-bond acceptors (Lipinski definition) is 5. The molecule has 1 aromatic carbocycles. The molecule has 6 amide bonds. The fraction of sp³-hybridized carbons (Fsp3) is 0.133. The average Bonchev–Trinajstić information content (AvgIpc) is 2.76. The molecule has 1 saturated heterocycles. The van der Waals surface area contributed by atoms with Gasteiger partial charge in [-0.25, -0.2) is 9.69 Å². The molecule has 2 aliphatic rings. The fourth-order valence-corrected chi connectivity index (χ4v) is 2.77. The first-order chi connectivity index (χ1) is 10.9. The second-order valence-electron chi connectivity index (χ2n) is 5.08. The van der Waals surface area contributed by atoms with Crippen molar-refractivity contribution >= 4 is 29.7 Å². The van der Waals surface area contributed by atoms with Gasteiger partial charge in [0.05, 0.1) is 11.1 Å². The zero-order valence-corrected chi connectivity index (χ0v) is 11.8. The topological polar surface area (TPSA) is 113 Å². The Morgan fingerprint density at radius 3 is 1.87 bits per heavy atom. The van der Waals surface area contributed by atoms with E-state index in [9.17, 15) is 24.0 Å². The maximum Gasteiger partial charge on any atom is 0.328 e. The first-order valence-electron chi connectivity index (χ1n) is 6.69. The van der Waals surface area contributed by atoms with Crippen LogP contribution in [0, 0.1) is 0 Å². The van der Waals surface area contributed by atoms with Crippen molar-refractivity contribution in [3.8, 4) is 0 Å². The van der Waals surface area contributed by atoms with Crippen LogP contribution in [-0.2, 0) is 9.59 Å². The lowest BCUT2D eigenvalue weighted by Crippen LogP contribution is -2.74. The van der Waals surface area contributed by atoms with E-state index in [1.54, 1.807) is 12.1 Å². The van der Waals surface area contributed by atoms with Gasteiger partial charge in [-0.2, -0.15) is 0 Å². The molecule has 0 radical (unpaired) electrons. The summed E-state index contributed by atoms with van der Waals surface area (Å²) in [6.45, 7) is 3.46. The second kappa shape index (κ2) is 4.87. The van der Waals surface area contributed by atoms with Crippen LogP contribution in [0.5, 0.6) is 0 Å². The average molecular weight is 313 g/mol. The maximum absolute atomic E-state index is 12.6. The molecular weight excluding hydrogens is 302 g/mol. The zero-order valence-electron chi connectivity index (χ0n) is 11.8. The summed E-state index contributed by atoms with van der Waals surface area (Å²) in [6, 6.07) is 4.99. The third kappa shape index (κ3) is 1.81. The lowest BCUT2D eigenvalue weighted by atomic mass is 9.89. The highest BCUT2D eigenvalue weighted by atomic mass is 16.2. The summed E-state index contributed by atoms with van der Waals surface area (Å²) < 4.78 is 0. The maximum atomic E-state index is 12.6. The largest absolute Gasteiger partial charge is 0.328 e. The number of amides is 6. The molecule has 0 unspecified atom stereocenters. The Labute approximate surface area is 130 Å². The number of nitrogens with zero attached hydrogens (tertiary/aromatic N) is 1. The predicted octanol–water partition coefficient (Wildman–Crippen LogP) is -0.0365. The minimum Gasteiger partial charge on any atom is -0.275 e. The van der Waals surface area contributed by atoms with Crippen LogP contribution in [0.2, 0.25) is 0 Å². The molecule has 2 heterocycles. The monoisotopic (exact) mass is 313 g/mol. The van der Waals surface area contributed by atoms with Gasteiger partial charge in [-0.1, -0.05) is 18.2 Å². The standard InChI is InChI=1S/C15H11N3O5/c1-2-7-15(12(21)16-14(23)17-13(15)22)18-10(19)8-5-3-4-6-9(8)11(18)20/h2-6H,1,7H2,(H2,16,17,21,22,23). The smallest absolute Gasteiger partial charge is 0.275 e. The predicted molar refractivity (Wildman–Crippen MR) is 76.2 cm³/mol. The van der Waals surface area contributed by atoms with E-state index >= 15 is 0 Å². The lowest BCUT2D eigenvalue weighted by Gasteiger charge is -2.38. The number of imide groups is 3. The van der Waals surface area contributed by atoms with Crippen LogP contribution in [-0.4, -0.2) is 40.1 Å². The quantitative estimate of drug-likeness (QED) is 0.462. The Bertz CT molecular complexity index is 743. The van der Waals surface area contributed by atoms with Gasteiger partial charge in [0, 0.05) is 6.42 Å². The number of barbiturate groups is 1. The Kier molecular flexibility index (Phi) is 3.10. The van der Waals surface area contributed by atoms with E-state index < -0.39 is 35.2 Å². The van der Waals surface area contributed by atoms with E-state index in [0.29, 0.717) is 4.90 Å². The molecule has 0 aliphatic carbocycles. The van der Waals surface area contributed by atoms with Gasteiger partial charge in [0.15, 0.2) is 0 Å². The molecule has 0 bridgehead atoms. The summed E-state index contributed by atoms with van der Waals surface area (Å²) >= 11 is 0. The summed E-state index contributed by atoms with van der Waals surface area (Å²) in [5.41, 5.74) is -1.99. The lowest BCUT2D eigenvalue weighted by molar-refractivity contribution is -0.143. The van der Waals surface area contributed by atoms with Crippen LogP contribution < -0.4 is 10.6 Å². The first kappa shape index (κ1) is 14.6.